The van der Waals surface area contributed by atoms with Crippen molar-refractivity contribution in [2.24, 2.45) is 5.84 Å². The standard InChI is InChI=1S/C13H14F3N5/c1-3-9-19-12(6(2)13(20-9)21-17)18-8-5-4-7(14)10(15)11(8)16/h4-5H,3,17H2,1-2H3,(H2,18,19,20,21). The van der Waals surface area contributed by atoms with Gasteiger partial charge in [0.25, 0.3) is 0 Å². The molecule has 4 N–H and O–H groups in total. The second-order valence-electron chi connectivity index (χ2n) is 4.31. The third-order valence-corrected chi connectivity index (χ3v) is 2.93. The van der Waals surface area contributed by atoms with E-state index < -0.39 is 17.5 Å². The highest BCUT2D eigenvalue weighted by Crippen LogP contribution is 2.26. The first-order chi connectivity index (χ1) is 9.97. The average molecular weight is 297 g/mol. The summed E-state index contributed by atoms with van der Waals surface area (Å²) < 4.78 is 39.8. The van der Waals surface area contributed by atoms with Crippen LogP contribution in [0.4, 0.5) is 30.5 Å². The molecule has 0 aliphatic carbocycles. The van der Waals surface area contributed by atoms with Crippen LogP contribution in [0.5, 0.6) is 0 Å². The molecule has 2 rings (SSSR count). The van der Waals surface area contributed by atoms with Crippen molar-refractivity contribution >= 4 is 17.3 Å². The fourth-order valence-electron chi connectivity index (χ4n) is 1.73. The quantitative estimate of drug-likeness (QED) is 0.459. The van der Waals surface area contributed by atoms with Crippen LogP contribution in [0.3, 0.4) is 0 Å². The molecule has 2 aromatic rings. The van der Waals surface area contributed by atoms with Crippen LogP contribution in [0.1, 0.15) is 18.3 Å². The third-order valence-electron chi connectivity index (χ3n) is 2.93. The molecule has 0 unspecified atom stereocenters. The van der Waals surface area contributed by atoms with Gasteiger partial charge in [-0.3, -0.25) is 0 Å². The number of hydrazine groups is 1. The molecule has 0 saturated carbocycles. The molecule has 1 aromatic heterocycles. The molecule has 0 atom stereocenters. The van der Waals surface area contributed by atoms with Gasteiger partial charge in [-0.05, 0) is 19.1 Å². The van der Waals surface area contributed by atoms with Crippen LogP contribution < -0.4 is 16.6 Å². The first-order valence-corrected chi connectivity index (χ1v) is 6.22. The van der Waals surface area contributed by atoms with Crippen molar-refractivity contribution in [2.45, 2.75) is 20.3 Å². The Kier molecular flexibility index (Phi) is 4.27. The summed E-state index contributed by atoms with van der Waals surface area (Å²) in [7, 11) is 0. The highest BCUT2D eigenvalue weighted by molar-refractivity contribution is 5.65. The van der Waals surface area contributed by atoms with Gasteiger partial charge in [-0.1, -0.05) is 6.92 Å². The lowest BCUT2D eigenvalue weighted by atomic mass is 10.2. The molecule has 0 fully saturated rings. The summed E-state index contributed by atoms with van der Waals surface area (Å²) in [6.07, 6.45) is 0.532. The van der Waals surface area contributed by atoms with Crippen molar-refractivity contribution in [3.63, 3.8) is 0 Å². The van der Waals surface area contributed by atoms with Crippen molar-refractivity contribution in [1.82, 2.24) is 9.97 Å². The molecule has 0 aliphatic rings. The Balaban J connectivity index is 2.46. The van der Waals surface area contributed by atoms with Crippen LogP contribution in [0, 0.1) is 24.4 Å². The van der Waals surface area contributed by atoms with Gasteiger partial charge < -0.3 is 10.7 Å². The summed E-state index contributed by atoms with van der Waals surface area (Å²) in [5, 5.41) is 2.63. The van der Waals surface area contributed by atoms with E-state index in [1.807, 2.05) is 6.92 Å². The molecule has 21 heavy (non-hydrogen) atoms. The molecule has 1 aromatic carbocycles. The van der Waals surface area contributed by atoms with E-state index >= 15 is 0 Å². The molecule has 0 radical (unpaired) electrons. The van der Waals surface area contributed by atoms with Gasteiger partial charge in [0.05, 0.1) is 5.69 Å². The number of benzene rings is 1. The molecule has 0 aliphatic heterocycles. The lowest BCUT2D eigenvalue weighted by Crippen LogP contribution is -2.14. The van der Waals surface area contributed by atoms with E-state index in [9.17, 15) is 13.2 Å². The molecule has 0 spiro atoms. The number of hydrogen-bond acceptors (Lipinski definition) is 5. The number of aryl methyl sites for hydroxylation is 1. The molecule has 112 valence electrons. The van der Waals surface area contributed by atoms with E-state index in [2.05, 4.69) is 20.7 Å². The van der Waals surface area contributed by atoms with Crippen molar-refractivity contribution in [2.75, 3.05) is 10.7 Å². The number of anilines is 3. The zero-order valence-electron chi connectivity index (χ0n) is 11.5. The molecule has 0 amide bonds. The van der Waals surface area contributed by atoms with Crippen molar-refractivity contribution in [3.8, 4) is 0 Å². The minimum absolute atomic E-state index is 0.222. The summed E-state index contributed by atoms with van der Waals surface area (Å²) in [6, 6.07) is 1.93. The van der Waals surface area contributed by atoms with Crippen molar-refractivity contribution < 1.29 is 13.2 Å². The average Bonchev–Trinajstić information content (AvgIpc) is 2.49. The molecule has 0 bridgehead atoms. The Hall–Kier alpha value is -2.35. The SMILES string of the molecule is CCc1nc(NN)c(C)c(Nc2ccc(F)c(F)c2F)n1. The predicted molar refractivity (Wildman–Crippen MR) is 73.6 cm³/mol. The predicted octanol–water partition coefficient (Wildman–Crippen LogP) is 2.79. The molecule has 0 saturated heterocycles. The fraction of sp³-hybridized carbons (Fsp3) is 0.231. The van der Waals surface area contributed by atoms with E-state index in [0.717, 1.165) is 12.1 Å². The lowest BCUT2D eigenvalue weighted by Gasteiger charge is -2.14. The Labute approximate surface area is 119 Å². The minimum Gasteiger partial charge on any atom is -0.337 e. The number of rotatable bonds is 4. The van der Waals surface area contributed by atoms with E-state index in [1.165, 1.54) is 0 Å². The lowest BCUT2D eigenvalue weighted by molar-refractivity contribution is 0.449. The highest BCUT2D eigenvalue weighted by atomic mass is 19.2. The van der Waals surface area contributed by atoms with Crippen LogP contribution in [0.25, 0.3) is 0 Å². The van der Waals surface area contributed by atoms with Crippen LogP contribution in [0.2, 0.25) is 0 Å². The maximum absolute atomic E-state index is 13.7. The van der Waals surface area contributed by atoms with Crippen LogP contribution >= 0.6 is 0 Å². The summed E-state index contributed by atoms with van der Waals surface area (Å²) in [6.45, 7) is 3.50. The molecule has 1 heterocycles. The van der Waals surface area contributed by atoms with E-state index in [4.69, 9.17) is 5.84 Å². The number of aromatic nitrogens is 2. The maximum Gasteiger partial charge on any atom is 0.196 e. The van der Waals surface area contributed by atoms with Gasteiger partial charge in [0, 0.05) is 12.0 Å². The Morgan fingerprint density at radius 3 is 2.38 bits per heavy atom. The fourth-order valence-corrected chi connectivity index (χ4v) is 1.73. The number of hydrogen-bond donors (Lipinski definition) is 3. The van der Waals surface area contributed by atoms with Crippen LogP contribution in [-0.4, -0.2) is 9.97 Å². The third kappa shape index (κ3) is 2.89. The first kappa shape index (κ1) is 15.0. The largest absolute Gasteiger partial charge is 0.337 e. The van der Waals surface area contributed by atoms with Crippen LogP contribution in [0.15, 0.2) is 12.1 Å². The maximum atomic E-state index is 13.7. The Bertz CT molecular complexity index is 675. The molecular weight excluding hydrogens is 283 g/mol. The zero-order chi connectivity index (χ0) is 15.6. The summed E-state index contributed by atoms with van der Waals surface area (Å²) >= 11 is 0. The topological polar surface area (TPSA) is 75.9 Å². The van der Waals surface area contributed by atoms with Crippen molar-refractivity contribution in [3.05, 3.63) is 41.0 Å². The van der Waals surface area contributed by atoms with Gasteiger partial charge in [0.15, 0.2) is 17.5 Å². The minimum atomic E-state index is -1.54. The second-order valence-corrected chi connectivity index (χ2v) is 4.31. The second kappa shape index (κ2) is 5.96. The number of nitrogens with two attached hydrogens (primary N) is 1. The Morgan fingerprint density at radius 1 is 1.10 bits per heavy atom. The van der Waals surface area contributed by atoms with Crippen LogP contribution in [-0.2, 0) is 6.42 Å². The van der Waals surface area contributed by atoms with Gasteiger partial charge in [-0.25, -0.2) is 29.0 Å². The summed E-state index contributed by atoms with van der Waals surface area (Å²) in [5.74, 6) is 2.35. The van der Waals surface area contributed by atoms with Gasteiger partial charge in [0.1, 0.15) is 17.5 Å². The number of halogens is 3. The van der Waals surface area contributed by atoms with Gasteiger partial charge in [-0.15, -0.1) is 0 Å². The summed E-state index contributed by atoms with van der Waals surface area (Å²) in [4.78, 5) is 8.34. The zero-order valence-corrected chi connectivity index (χ0v) is 11.5. The number of nitrogens with zero attached hydrogens (tertiary/aromatic N) is 2. The van der Waals surface area contributed by atoms with E-state index in [1.54, 1.807) is 6.92 Å². The van der Waals surface area contributed by atoms with Crippen molar-refractivity contribution in [1.29, 1.82) is 0 Å². The van der Waals surface area contributed by atoms with Gasteiger partial charge in [0.2, 0.25) is 0 Å². The highest BCUT2D eigenvalue weighted by Gasteiger charge is 2.16. The smallest absolute Gasteiger partial charge is 0.196 e. The van der Waals surface area contributed by atoms with Gasteiger partial charge in [-0.2, -0.15) is 0 Å². The molecule has 8 heteroatoms. The first-order valence-electron chi connectivity index (χ1n) is 6.22. The summed E-state index contributed by atoms with van der Waals surface area (Å²) in [5.41, 5.74) is 2.72. The number of nitrogen functional groups attached to an aromatic ring is 1. The van der Waals surface area contributed by atoms with Gasteiger partial charge >= 0.3 is 0 Å². The normalized spacial score (nSPS) is 10.6. The van der Waals surface area contributed by atoms with E-state index in [0.29, 0.717) is 23.6 Å². The number of nitrogens with one attached hydrogen (secondary N) is 2. The molecule has 5 nitrogen and oxygen atoms in total. The Morgan fingerprint density at radius 2 is 1.76 bits per heavy atom. The van der Waals surface area contributed by atoms with E-state index in [-0.39, 0.29) is 11.5 Å². The molecular formula is C13H14F3N5. The monoisotopic (exact) mass is 297 g/mol.